The first-order valence-electron chi connectivity index (χ1n) is 6.10. The highest BCUT2D eigenvalue weighted by Gasteiger charge is 2.44. The Kier molecular flexibility index (Phi) is 5.15. The molecule has 0 bridgehead atoms. The van der Waals surface area contributed by atoms with E-state index in [-0.39, 0.29) is 11.6 Å². The molecule has 0 saturated carbocycles. The van der Waals surface area contributed by atoms with Gasteiger partial charge >= 0.3 is 6.03 Å². The lowest BCUT2D eigenvalue weighted by molar-refractivity contribution is 0.235. The van der Waals surface area contributed by atoms with E-state index >= 15 is 0 Å². The number of anilines is 1. The smallest absolute Gasteiger partial charge is 0.272 e. The molecule has 0 spiro atoms. The number of carbonyl (C=O) groups excluding carboxylic acids is 1. The molecular formula is C12H13Cl3FN3OS. The lowest BCUT2D eigenvalue weighted by Crippen LogP contribution is -2.42. The number of para-hydroxylation sites is 1. The average molecular weight is 373 g/mol. The van der Waals surface area contributed by atoms with Gasteiger partial charge in [0.2, 0.25) is 0 Å². The number of nitrogens with one attached hydrogen (secondary N) is 1. The van der Waals surface area contributed by atoms with Gasteiger partial charge in [-0.2, -0.15) is 9.84 Å². The molecule has 1 fully saturated rings. The van der Waals surface area contributed by atoms with Gasteiger partial charge in [0.1, 0.15) is 12.0 Å². The predicted octanol–water partition coefficient (Wildman–Crippen LogP) is 4.53. The summed E-state index contributed by atoms with van der Waals surface area (Å²) in [7, 11) is 0. The van der Waals surface area contributed by atoms with Crippen molar-refractivity contribution in [2.24, 2.45) is 5.92 Å². The van der Waals surface area contributed by atoms with Crippen LogP contribution in [0.25, 0.3) is 0 Å². The summed E-state index contributed by atoms with van der Waals surface area (Å²) in [5.74, 6) is -0.464. The van der Waals surface area contributed by atoms with E-state index in [0.29, 0.717) is 11.9 Å². The van der Waals surface area contributed by atoms with E-state index in [0.717, 1.165) is 4.41 Å². The Morgan fingerprint density at radius 2 is 1.95 bits per heavy atom. The van der Waals surface area contributed by atoms with Gasteiger partial charge in [-0.3, -0.25) is 4.90 Å². The van der Waals surface area contributed by atoms with Gasteiger partial charge in [-0.15, -0.1) is 0 Å². The van der Waals surface area contributed by atoms with Gasteiger partial charge in [0.25, 0.3) is 3.12 Å². The lowest BCUT2D eigenvalue weighted by Gasteiger charge is -2.25. The average Bonchev–Trinajstić information content (AvgIpc) is 2.66. The van der Waals surface area contributed by atoms with Crippen LogP contribution in [0.1, 0.15) is 13.8 Å². The Labute approximate surface area is 141 Å². The first-order valence-corrected chi connectivity index (χ1v) is 8.01. The summed E-state index contributed by atoms with van der Waals surface area (Å²) in [5.41, 5.74) is 3.11. The molecule has 2 amide bonds. The van der Waals surface area contributed by atoms with Gasteiger partial charge in [0, 0.05) is 11.9 Å². The first kappa shape index (κ1) is 17.0. The molecule has 1 aromatic rings. The Morgan fingerprint density at radius 1 is 1.33 bits per heavy atom. The van der Waals surface area contributed by atoms with Crippen molar-refractivity contribution < 1.29 is 9.18 Å². The highest BCUT2D eigenvalue weighted by atomic mass is 35.6. The minimum absolute atomic E-state index is 0.0227. The lowest BCUT2D eigenvalue weighted by atomic mass is 10.1. The maximum atomic E-state index is 14.0. The van der Waals surface area contributed by atoms with Crippen molar-refractivity contribution in [2.75, 3.05) is 4.90 Å². The van der Waals surface area contributed by atoms with Crippen LogP contribution in [0.2, 0.25) is 0 Å². The number of rotatable bonds is 3. The monoisotopic (exact) mass is 371 g/mol. The Bertz CT molecular complexity index is 541. The zero-order valence-electron chi connectivity index (χ0n) is 11.2. The van der Waals surface area contributed by atoms with E-state index in [1.54, 1.807) is 12.1 Å². The Balaban J connectivity index is 2.34. The van der Waals surface area contributed by atoms with Gasteiger partial charge in [-0.25, -0.2) is 9.18 Å². The summed E-state index contributed by atoms with van der Waals surface area (Å²) in [6, 6.07) is 5.56. The zero-order chi connectivity index (χ0) is 15.8. The topological polar surface area (TPSA) is 35.6 Å². The van der Waals surface area contributed by atoms with Crippen LogP contribution in [0.3, 0.4) is 0 Å². The standard InChI is InChI=1S/C12H13Cl3FN3OS/c1-7(2)10-17-19(21-12(13,14)15)11(20)18(10)9-6-4-3-5-8(9)16/h3-7,10,17H,1-2H3. The summed E-state index contributed by atoms with van der Waals surface area (Å²) in [6.45, 7) is 3.81. The maximum absolute atomic E-state index is 14.0. The Hall–Kier alpha value is -0.400. The summed E-state index contributed by atoms with van der Waals surface area (Å²) in [4.78, 5) is 13.8. The summed E-state index contributed by atoms with van der Waals surface area (Å²) >= 11 is 17.8. The second-order valence-corrected chi connectivity index (χ2v) is 8.87. The number of urea groups is 1. The van der Waals surface area contributed by atoms with Crippen LogP contribution >= 0.6 is 46.8 Å². The molecule has 116 valence electrons. The normalized spacial score (nSPS) is 19.8. The molecule has 9 heteroatoms. The van der Waals surface area contributed by atoms with E-state index in [9.17, 15) is 9.18 Å². The molecule has 1 atom stereocenters. The molecule has 0 aliphatic carbocycles. The Morgan fingerprint density at radius 3 is 2.48 bits per heavy atom. The van der Waals surface area contributed by atoms with E-state index in [2.05, 4.69) is 5.43 Å². The number of hydrogen-bond donors (Lipinski definition) is 1. The van der Waals surface area contributed by atoms with Crippen LogP contribution in [-0.2, 0) is 0 Å². The number of nitrogens with zero attached hydrogens (tertiary/aromatic N) is 2. The SMILES string of the molecule is CC(C)C1NN(SC(Cl)(Cl)Cl)C(=O)N1c1ccccc1F. The van der Waals surface area contributed by atoms with Crippen molar-refractivity contribution in [3.05, 3.63) is 30.1 Å². The van der Waals surface area contributed by atoms with Crippen LogP contribution < -0.4 is 10.3 Å². The number of carbonyl (C=O) groups is 1. The fraction of sp³-hybridized carbons (Fsp3) is 0.417. The number of halogens is 4. The van der Waals surface area contributed by atoms with Gasteiger partial charge in [0.15, 0.2) is 0 Å². The van der Waals surface area contributed by atoms with Crippen LogP contribution in [-0.4, -0.2) is 19.7 Å². The summed E-state index contributed by atoms with van der Waals surface area (Å²) in [5, 5.41) is 0. The van der Waals surface area contributed by atoms with Crippen molar-refractivity contribution >= 4 is 58.5 Å². The first-order chi connectivity index (χ1) is 9.70. The fourth-order valence-electron chi connectivity index (χ4n) is 1.97. The molecule has 1 saturated heterocycles. The zero-order valence-corrected chi connectivity index (χ0v) is 14.3. The third-order valence-corrected chi connectivity index (χ3v) is 4.12. The molecule has 1 N–H and O–H groups in total. The van der Waals surface area contributed by atoms with Crippen molar-refractivity contribution in [2.45, 2.75) is 23.1 Å². The van der Waals surface area contributed by atoms with Crippen LogP contribution in [0.5, 0.6) is 0 Å². The molecule has 4 nitrogen and oxygen atoms in total. The minimum Gasteiger partial charge on any atom is -0.272 e. The van der Waals surface area contributed by atoms with Crippen molar-refractivity contribution in [3.63, 3.8) is 0 Å². The van der Waals surface area contributed by atoms with Gasteiger partial charge < -0.3 is 0 Å². The second kappa shape index (κ2) is 6.38. The van der Waals surface area contributed by atoms with Gasteiger partial charge in [-0.1, -0.05) is 60.8 Å². The van der Waals surface area contributed by atoms with E-state index in [4.69, 9.17) is 34.8 Å². The number of hydrazine groups is 1. The van der Waals surface area contributed by atoms with E-state index in [1.165, 1.54) is 17.0 Å². The number of alkyl halides is 3. The third-order valence-electron chi connectivity index (χ3n) is 2.85. The highest BCUT2D eigenvalue weighted by Crippen LogP contribution is 2.43. The molecule has 0 radical (unpaired) electrons. The third kappa shape index (κ3) is 3.87. The number of hydrogen-bond acceptors (Lipinski definition) is 3. The predicted molar refractivity (Wildman–Crippen MR) is 85.8 cm³/mol. The van der Waals surface area contributed by atoms with Gasteiger partial charge in [-0.05, 0) is 18.1 Å². The maximum Gasteiger partial charge on any atom is 0.350 e. The molecule has 2 rings (SSSR count). The quantitative estimate of drug-likeness (QED) is 0.625. The molecule has 1 aliphatic rings. The molecule has 0 aromatic heterocycles. The summed E-state index contributed by atoms with van der Waals surface area (Å²) in [6.07, 6.45) is -0.436. The summed E-state index contributed by atoms with van der Waals surface area (Å²) < 4.78 is 13.4. The second-order valence-electron chi connectivity index (χ2n) is 4.75. The number of benzene rings is 1. The van der Waals surface area contributed by atoms with Crippen LogP contribution in [0, 0.1) is 11.7 Å². The van der Waals surface area contributed by atoms with Crippen molar-refractivity contribution in [1.82, 2.24) is 9.84 Å². The van der Waals surface area contributed by atoms with Crippen LogP contribution in [0.4, 0.5) is 14.9 Å². The van der Waals surface area contributed by atoms with Crippen molar-refractivity contribution in [3.8, 4) is 0 Å². The minimum atomic E-state index is -1.70. The highest BCUT2D eigenvalue weighted by molar-refractivity contribution is 8.03. The molecule has 1 aromatic carbocycles. The molecule has 1 aliphatic heterocycles. The fourth-order valence-corrected chi connectivity index (χ4v) is 3.12. The molecule has 21 heavy (non-hydrogen) atoms. The van der Waals surface area contributed by atoms with Crippen LogP contribution in [0.15, 0.2) is 24.3 Å². The number of amides is 2. The van der Waals surface area contributed by atoms with Gasteiger partial charge in [0.05, 0.1) is 5.69 Å². The van der Waals surface area contributed by atoms with E-state index in [1.807, 2.05) is 13.8 Å². The van der Waals surface area contributed by atoms with E-state index < -0.39 is 21.1 Å². The van der Waals surface area contributed by atoms with Crippen molar-refractivity contribution in [1.29, 1.82) is 0 Å². The molecular weight excluding hydrogens is 360 g/mol. The molecule has 1 unspecified atom stereocenters. The molecule has 1 heterocycles. The largest absolute Gasteiger partial charge is 0.350 e.